The van der Waals surface area contributed by atoms with E-state index in [-0.39, 0.29) is 23.5 Å². The highest BCUT2D eigenvalue weighted by Gasteiger charge is 2.31. The zero-order chi connectivity index (χ0) is 17.7. The maximum absolute atomic E-state index is 12.4. The van der Waals surface area contributed by atoms with Crippen LogP contribution in [0.15, 0.2) is 18.3 Å². The van der Waals surface area contributed by atoms with Crippen molar-refractivity contribution in [2.45, 2.75) is 33.1 Å². The summed E-state index contributed by atoms with van der Waals surface area (Å²) in [5, 5.41) is 3.26. The molecule has 0 bridgehead atoms. The fourth-order valence-electron chi connectivity index (χ4n) is 2.66. The largest absolute Gasteiger partial charge is 0.310 e. The highest BCUT2D eigenvalue weighted by molar-refractivity contribution is 7.89. The Morgan fingerprint density at radius 3 is 2.62 bits per heavy atom. The van der Waals surface area contributed by atoms with Gasteiger partial charge in [-0.25, -0.2) is 17.7 Å². The monoisotopic (exact) mass is 373 g/mol. The van der Waals surface area contributed by atoms with E-state index in [1.807, 2.05) is 13.8 Å². The number of halogens is 1. The van der Waals surface area contributed by atoms with Gasteiger partial charge in [0.05, 0.1) is 10.8 Å². The summed E-state index contributed by atoms with van der Waals surface area (Å²) in [6, 6.07) is 3.31. The molecule has 0 aromatic carbocycles. The molecular weight excluding hydrogens is 350 g/mol. The Morgan fingerprint density at radius 1 is 1.42 bits per heavy atom. The van der Waals surface area contributed by atoms with E-state index in [2.05, 4.69) is 10.3 Å². The second-order valence-electron chi connectivity index (χ2n) is 6.32. The zero-order valence-electron chi connectivity index (χ0n) is 14.0. The van der Waals surface area contributed by atoms with Crippen molar-refractivity contribution in [3.63, 3.8) is 0 Å². The van der Waals surface area contributed by atoms with Gasteiger partial charge >= 0.3 is 0 Å². The summed E-state index contributed by atoms with van der Waals surface area (Å²) in [5.74, 6) is 0.458. The van der Waals surface area contributed by atoms with Gasteiger partial charge in [0.15, 0.2) is 0 Å². The lowest BCUT2D eigenvalue weighted by Crippen LogP contribution is -2.43. The number of rotatable bonds is 6. The minimum atomic E-state index is -3.23. The first-order valence-electron chi connectivity index (χ1n) is 8.22. The van der Waals surface area contributed by atoms with Crippen LogP contribution in [0, 0.1) is 11.8 Å². The molecule has 2 heterocycles. The van der Waals surface area contributed by atoms with Crippen molar-refractivity contribution < 1.29 is 13.2 Å². The Kier molecular flexibility index (Phi) is 6.60. The van der Waals surface area contributed by atoms with Crippen LogP contribution in [0.5, 0.6) is 0 Å². The van der Waals surface area contributed by atoms with Crippen molar-refractivity contribution in [2.75, 3.05) is 24.2 Å². The Hall–Kier alpha value is -1.18. The number of aromatic nitrogens is 1. The molecule has 0 radical (unpaired) electrons. The fraction of sp³-hybridized carbons (Fsp3) is 0.625. The van der Waals surface area contributed by atoms with Gasteiger partial charge in [-0.15, -0.1) is 0 Å². The van der Waals surface area contributed by atoms with Crippen LogP contribution >= 0.6 is 11.6 Å². The summed E-state index contributed by atoms with van der Waals surface area (Å²) in [6.45, 7) is 4.72. The van der Waals surface area contributed by atoms with Crippen molar-refractivity contribution in [1.82, 2.24) is 9.29 Å². The van der Waals surface area contributed by atoms with Gasteiger partial charge < -0.3 is 5.32 Å². The Morgan fingerprint density at radius 2 is 2.08 bits per heavy atom. The Labute approximate surface area is 148 Å². The molecule has 8 heteroatoms. The minimum absolute atomic E-state index is 0.121. The van der Waals surface area contributed by atoms with Crippen LogP contribution in [0.3, 0.4) is 0 Å². The molecule has 0 spiro atoms. The highest BCUT2D eigenvalue weighted by atomic mass is 35.5. The van der Waals surface area contributed by atoms with Gasteiger partial charge in [0, 0.05) is 25.2 Å². The molecule has 1 saturated heterocycles. The lowest BCUT2D eigenvalue weighted by molar-refractivity contribution is -0.120. The van der Waals surface area contributed by atoms with E-state index in [1.54, 1.807) is 12.1 Å². The van der Waals surface area contributed by atoms with Crippen LogP contribution < -0.4 is 5.32 Å². The molecule has 1 aliphatic heterocycles. The predicted molar refractivity (Wildman–Crippen MR) is 95.4 cm³/mol. The molecule has 1 unspecified atom stereocenters. The molecule has 0 aliphatic carbocycles. The van der Waals surface area contributed by atoms with Gasteiger partial charge in [0.1, 0.15) is 5.82 Å². The van der Waals surface area contributed by atoms with Crippen LogP contribution in [-0.4, -0.2) is 42.5 Å². The van der Waals surface area contributed by atoms with Crippen molar-refractivity contribution in [1.29, 1.82) is 0 Å². The maximum atomic E-state index is 12.4. The molecule has 0 saturated carbocycles. The number of nitrogens with zero attached hydrogens (tertiary/aromatic N) is 2. The van der Waals surface area contributed by atoms with Crippen LogP contribution in [0.25, 0.3) is 0 Å². The van der Waals surface area contributed by atoms with Crippen molar-refractivity contribution in [3.05, 3.63) is 23.4 Å². The van der Waals surface area contributed by atoms with E-state index in [0.717, 1.165) is 6.42 Å². The standard InChI is InChI=1S/C16H24ClN3O3S/c1-3-12(2)11-24(22,23)20-8-6-13(7-9-20)16(21)19-15-5-4-14(17)10-18-15/h4-5,10,12-13H,3,6-9,11H2,1-2H3,(H,18,19,21). The average molecular weight is 374 g/mol. The predicted octanol–water partition coefficient (Wildman–Crippen LogP) is 2.76. The molecule has 2 rings (SSSR count). The normalized spacial score (nSPS) is 18.3. The van der Waals surface area contributed by atoms with E-state index in [9.17, 15) is 13.2 Å². The van der Waals surface area contributed by atoms with Crippen molar-refractivity contribution in [2.24, 2.45) is 11.8 Å². The third-order valence-electron chi connectivity index (χ3n) is 4.39. The zero-order valence-corrected chi connectivity index (χ0v) is 15.6. The van der Waals surface area contributed by atoms with Crippen LogP contribution in [-0.2, 0) is 14.8 Å². The van der Waals surface area contributed by atoms with E-state index >= 15 is 0 Å². The molecule has 1 N–H and O–H groups in total. The first-order valence-corrected chi connectivity index (χ1v) is 10.2. The highest BCUT2D eigenvalue weighted by Crippen LogP contribution is 2.22. The summed E-state index contributed by atoms with van der Waals surface area (Å²) >= 11 is 5.76. The number of amides is 1. The quantitative estimate of drug-likeness (QED) is 0.831. The number of pyridine rings is 1. The third-order valence-corrected chi connectivity index (χ3v) is 6.75. The number of hydrogen-bond acceptors (Lipinski definition) is 4. The van der Waals surface area contributed by atoms with E-state index < -0.39 is 10.0 Å². The Bertz CT molecular complexity index is 656. The lowest BCUT2D eigenvalue weighted by Gasteiger charge is -2.31. The SMILES string of the molecule is CCC(C)CS(=O)(=O)N1CCC(C(=O)Nc2ccc(Cl)cn2)CC1. The summed E-state index contributed by atoms with van der Waals surface area (Å²) in [6.07, 6.45) is 3.37. The molecule has 1 aliphatic rings. The van der Waals surface area contributed by atoms with E-state index in [1.165, 1.54) is 10.5 Å². The van der Waals surface area contributed by atoms with Gasteiger partial charge in [0.2, 0.25) is 15.9 Å². The second-order valence-corrected chi connectivity index (χ2v) is 8.77. The third kappa shape index (κ3) is 5.16. The number of nitrogens with one attached hydrogen (secondary N) is 1. The van der Waals surface area contributed by atoms with Crippen LogP contribution in [0.1, 0.15) is 33.1 Å². The van der Waals surface area contributed by atoms with Crippen molar-refractivity contribution >= 4 is 33.3 Å². The summed E-state index contributed by atoms with van der Waals surface area (Å²) < 4.78 is 26.2. The van der Waals surface area contributed by atoms with E-state index in [0.29, 0.717) is 36.8 Å². The summed E-state index contributed by atoms with van der Waals surface area (Å²) in [4.78, 5) is 16.3. The van der Waals surface area contributed by atoms with E-state index in [4.69, 9.17) is 11.6 Å². The molecule has 1 atom stereocenters. The van der Waals surface area contributed by atoms with Gasteiger partial charge in [-0.1, -0.05) is 31.9 Å². The average Bonchev–Trinajstić information content (AvgIpc) is 2.56. The maximum Gasteiger partial charge on any atom is 0.228 e. The molecule has 1 aromatic rings. The smallest absolute Gasteiger partial charge is 0.228 e. The summed E-state index contributed by atoms with van der Waals surface area (Å²) in [5.41, 5.74) is 0. The van der Waals surface area contributed by atoms with Gasteiger partial charge in [0.25, 0.3) is 0 Å². The topological polar surface area (TPSA) is 79.4 Å². The van der Waals surface area contributed by atoms with Crippen molar-refractivity contribution in [3.8, 4) is 0 Å². The molecule has 134 valence electrons. The molecule has 1 amide bonds. The number of carbonyl (C=O) groups excluding carboxylic acids is 1. The molecular formula is C16H24ClN3O3S. The first kappa shape index (κ1) is 19.1. The summed E-state index contributed by atoms with van der Waals surface area (Å²) in [7, 11) is -3.23. The number of sulfonamides is 1. The Balaban J connectivity index is 1.87. The minimum Gasteiger partial charge on any atom is -0.310 e. The molecule has 6 nitrogen and oxygen atoms in total. The van der Waals surface area contributed by atoms with Gasteiger partial charge in [-0.2, -0.15) is 0 Å². The number of carbonyl (C=O) groups is 1. The molecule has 1 fully saturated rings. The first-order chi connectivity index (χ1) is 11.3. The number of anilines is 1. The van der Waals surface area contributed by atoms with Gasteiger partial charge in [-0.3, -0.25) is 4.79 Å². The lowest BCUT2D eigenvalue weighted by atomic mass is 9.97. The number of piperidine rings is 1. The van der Waals surface area contributed by atoms with Crippen LogP contribution in [0.2, 0.25) is 5.02 Å². The molecule has 24 heavy (non-hydrogen) atoms. The molecule has 1 aromatic heterocycles. The second kappa shape index (κ2) is 8.27. The fourth-order valence-corrected chi connectivity index (χ4v) is 4.70. The number of hydrogen-bond donors (Lipinski definition) is 1. The van der Waals surface area contributed by atoms with Crippen LogP contribution in [0.4, 0.5) is 5.82 Å². The van der Waals surface area contributed by atoms with Gasteiger partial charge in [-0.05, 0) is 30.9 Å².